The van der Waals surface area contributed by atoms with Crippen molar-refractivity contribution < 1.29 is 5.11 Å². The smallest absolute Gasteiger partial charge is 0.0613 e. The molecule has 1 saturated carbocycles. The molecule has 1 aromatic carbocycles. The summed E-state index contributed by atoms with van der Waals surface area (Å²) in [6, 6.07) is 8.56. The number of aryl methyl sites for hydroxylation is 1. The van der Waals surface area contributed by atoms with Gasteiger partial charge in [0.2, 0.25) is 0 Å². The number of hydrogen-bond donors (Lipinski definition) is 1. The topological polar surface area (TPSA) is 20.2 Å². The van der Waals surface area contributed by atoms with Crippen molar-refractivity contribution in [3.8, 4) is 0 Å². The SMILES string of the molecule is Cc1ccc(CC(O)C2CCCCC2(C)C)cc1. The molecule has 1 fully saturated rings. The van der Waals surface area contributed by atoms with Crippen LogP contribution in [0.15, 0.2) is 24.3 Å². The summed E-state index contributed by atoms with van der Waals surface area (Å²) in [6.45, 7) is 6.73. The summed E-state index contributed by atoms with van der Waals surface area (Å²) in [5, 5.41) is 10.5. The van der Waals surface area contributed by atoms with E-state index in [1.54, 1.807) is 0 Å². The number of benzene rings is 1. The third-order valence-electron chi connectivity index (χ3n) is 4.62. The first kappa shape index (κ1) is 13.6. The van der Waals surface area contributed by atoms with Gasteiger partial charge in [-0.1, -0.05) is 56.5 Å². The quantitative estimate of drug-likeness (QED) is 0.850. The van der Waals surface area contributed by atoms with Gasteiger partial charge in [0.15, 0.2) is 0 Å². The Hall–Kier alpha value is -0.820. The first-order chi connectivity index (χ1) is 8.49. The van der Waals surface area contributed by atoms with Crippen molar-refractivity contribution in [3.63, 3.8) is 0 Å². The number of aliphatic hydroxyl groups is 1. The van der Waals surface area contributed by atoms with Crippen LogP contribution in [0.25, 0.3) is 0 Å². The zero-order valence-corrected chi connectivity index (χ0v) is 11.9. The molecule has 0 bridgehead atoms. The monoisotopic (exact) mass is 246 g/mol. The molecule has 2 rings (SSSR count). The summed E-state index contributed by atoms with van der Waals surface area (Å²) in [6.07, 6.45) is 5.64. The van der Waals surface area contributed by atoms with Crippen LogP contribution in [-0.2, 0) is 6.42 Å². The Morgan fingerprint density at radius 3 is 2.50 bits per heavy atom. The number of rotatable bonds is 3. The van der Waals surface area contributed by atoms with E-state index in [-0.39, 0.29) is 6.10 Å². The number of hydrogen-bond acceptors (Lipinski definition) is 1. The lowest BCUT2D eigenvalue weighted by molar-refractivity contribution is 0.00580. The molecular weight excluding hydrogens is 220 g/mol. The molecule has 0 amide bonds. The summed E-state index contributed by atoms with van der Waals surface area (Å²) >= 11 is 0. The molecule has 1 aliphatic rings. The molecule has 100 valence electrons. The van der Waals surface area contributed by atoms with Gasteiger partial charge in [-0.3, -0.25) is 0 Å². The number of aliphatic hydroxyl groups excluding tert-OH is 1. The largest absolute Gasteiger partial charge is 0.392 e. The molecule has 0 radical (unpaired) electrons. The van der Waals surface area contributed by atoms with Crippen LogP contribution >= 0.6 is 0 Å². The van der Waals surface area contributed by atoms with Crippen LogP contribution in [0.4, 0.5) is 0 Å². The van der Waals surface area contributed by atoms with Crippen molar-refractivity contribution in [1.29, 1.82) is 0 Å². The van der Waals surface area contributed by atoms with Crippen LogP contribution in [0.2, 0.25) is 0 Å². The molecule has 0 heterocycles. The van der Waals surface area contributed by atoms with Gasteiger partial charge in [-0.2, -0.15) is 0 Å². The average molecular weight is 246 g/mol. The fraction of sp³-hybridized carbons (Fsp3) is 0.647. The minimum absolute atomic E-state index is 0.192. The van der Waals surface area contributed by atoms with E-state index in [1.807, 2.05) is 0 Å². The Morgan fingerprint density at radius 2 is 1.89 bits per heavy atom. The average Bonchev–Trinajstić information content (AvgIpc) is 2.31. The Kier molecular flexibility index (Phi) is 4.11. The lowest BCUT2D eigenvalue weighted by Gasteiger charge is -2.41. The van der Waals surface area contributed by atoms with Gasteiger partial charge < -0.3 is 5.11 Å². The molecule has 0 spiro atoms. The maximum Gasteiger partial charge on any atom is 0.0613 e. The second-order valence-electron chi connectivity index (χ2n) is 6.60. The third kappa shape index (κ3) is 3.14. The minimum Gasteiger partial charge on any atom is -0.392 e. The second-order valence-corrected chi connectivity index (χ2v) is 6.60. The molecule has 0 saturated heterocycles. The van der Waals surface area contributed by atoms with Gasteiger partial charge in [0.25, 0.3) is 0 Å². The summed E-state index contributed by atoms with van der Waals surface area (Å²) < 4.78 is 0. The van der Waals surface area contributed by atoms with Crippen molar-refractivity contribution in [2.75, 3.05) is 0 Å². The maximum atomic E-state index is 10.5. The fourth-order valence-electron chi connectivity index (χ4n) is 3.34. The predicted octanol–water partition coefficient (Wildman–Crippen LogP) is 4.11. The zero-order valence-electron chi connectivity index (χ0n) is 11.9. The van der Waals surface area contributed by atoms with E-state index < -0.39 is 0 Å². The predicted molar refractivity (Wildman–Crippen MR) is 76.6 cm³/mol. The van der Waals surface area contributed by atoms with Crippen molar-refractivity contribution in [3.05, 3.63) is 35.4 Å². The highest BCUT2D eigenvalue weighted by atomic mass is 16.3. The Labute approximate surface area is 111 Å². The normalized spacial score (nSPS) is 24.8. The molecule has 1 aliphatic carbocycles. The van der Waals surface area contributed by atoms with E-state index in [1.165, 1.54) is 36.8 Å². The van der Waals surface area contributed by atoms with E-state index in [0.717, 1.165) is 6.42 Å². The molecule has 1 nitrogen and oxygen atoms in total. The summed E-state index contributed by atoms with van der Waals surface area (Å²) in [7, 11) is 0. The third-order valence-corrected chi connectivity index (χ3v) is 4.62. The Balaban J connectivity index is 2.02. The molecule has 1 N–H and O–H groups in total. The van der Waals surface area contributed by atoms with Gasteiger partial charge in [-0.05, 0) is 43.1 Å². The van der Waals surface area contributed by atoms with E-state index in [0.29, 0.717) is 11.3 Å². The molecular formula is C17H26O. The fourth-order valence-corrected chi connectivity index (χ4v) is 3.34. The molecule has 0 aromatic heterocycles. The van der Waals surface area contributed by atoms with Crippen molar-refractivity contribution in [2.45, 2.75) is 59.0 Å². The van der Waals surface area contributed by atoms with E-state index in [2.05, 4.69) is 45.0 Å². The summed E-state index contributed by atoms with van der Waals surface area (Å²) in [5.41, 5.74) is 2.84. The van der Waals surface area contributed by atoms with Crippen molar-refractivity contribution in [1.82, 2.24) is 0 Å². The van der Waals surface area contributed by atoms with Crippen LogP contribution in [0, 0.1) is 18.3 Å². The van der Waals surface area contributed by atoms with Gasteiger partial charge in [-0.25, -0.2) is 0 Å². The van der Waals surface area contributed by atoms with Crippen LogP contribution in [0.3, 0.4) is 0 Å². The summed E-state index contributed by atoms with van der Waals surface area (Å²) in [5.74, 6) is 0.451. The van der Waals surface area contributed by atoms with Crippen LogP contribution in [-0.4, -0.2) is 11.2 Å². The van der Waals surface area contributed by atoms with Gasteiger partial charge in [0, 0.05) is 0 Å². The minimum atomic E-state index is -0.192. The molecule has 18 heavy (non-hydrogen) atoms. The first-order valence-corrected chi connectivity index (χ1v) is 7.23. The van der Waals surface area contributed by atoms with Gasteiger partial charge >= 0.3 is 0 Å². The highest BCUT2D eigenvalue weighted by Crippen LogP contribution is 2.42. The van der Waals surface area contributed by atoms with E-state index in [9.17, 15) is 5.11 Å². The molecule has 1 aromatic rings. The van der Waals surface area contributed by atoms with Crippen molar-refractivity contribution in [2.24, 2.45) is 11.3 Å². The standard InChI is InChI=1S/C17H26O/c1-13-7-9-14(10-8-13)12-16(18)15-6-4-5-11-17(15,2)3/h7-10,15-16,18H,4-6,11-12H2,1-3H3. The van der Waals surface area contributed by atoms with Crippen LogP contribution in [0.5, 0.6) is 0 Å². The Morgan fingerprint density at radius 1 is 1.22 bits per heavy atom. The Bertz CT molecular complexity index is 377. The van der Waals surface area contributed by atoms with E-state index in [4.69, 9.17) is 0 Å². The lowest BCUT2D eigenvalue weighted by atomic mass is 9.66. The summed E-state index contributed by atoms with van der Waals surface area (Å²) in [4.78, 5) is 0. The highest BCUT2D eigenvalue weighted by molar-refractivity contribution is 5.22. The van der Waals surface area contributed by atoms with Gasteiger partial charge in [0.1, 0.15) is 0 Å². The van der Waals surface area contributed by atoms with Crippen LogP contribution < -0.4 is 0 Å². The molecule has 2 atom stereocenters. The lowest BCUT2D eigenvalue weighted by Crippen LogP contribution is -2.37. The van der Waals surface area contributed by atoms with E-state index >= 15 is 0 Å². The highest BCUT2D eigenvalue weighted by Gasteiger charge is 2.36. The zero-order chi connectivity index (χ0) is 13.2. The van der Waals surface area contributed by atoms with Crippen LogP contribution in [0.1, 0.15) is 50.7 Å². The first-order valence-electron chi connectivity index (χ1n) is 7.23. The second kappa shape index (κ2) is 5.44. The van der Waals surface area contributed by atoms with Gasteiger partial charge in [0.05, 0.1) is 6.10 Å². The molecule has 0 aliphatic heterocycles. The molecule has 2 unspecified atom stereocenters. The molecule has 1 heteroatoms. The van der Waals surface area contributed by atoms with Crippen molar-refractivity contribution >= 4 is 0 Å². The van der Waals surface area contributed by atoms with Gasteiger partial charge in [-0.15, -0.1) is 0 Å². The maximum absolute atomic E-state index is 10.5.